The van der Waals surface area contributed by atoms with Crippen molar-refractivity contribution in [2.24, 2.45) is 0 Å². The van der Waals surface area contributed by atoms with Gasteiger partial charge in [0.2, 0.25) is 0 Å². The molecule has 148 valence electrons. The number of para-hydroxylation sites is 1. The number of ether oxygens (including phenoxy) is 2. The van der Waals surface area contributed by atoms with Crippen LogP contribution in [0, 0.1) is 0 Å². The molecule has 0 aliphatic carbocycles. The van der Waals surface area contributed by atoms with Gasteiger partial charge in [0.05, 0.1) is 19.1 Å². The zero-order chi connectivity index (χ0) is 20.5. The fourth-order valence-electron chi connectivity index (χ4n) is 2.87. The maximum Gasteiger partial charge on any atom is 0.307 e. The van der Waals surface area contributed by atoms with Crippen molar-refractivity contribution in [1.29, 1.82) is 0 Å². The van der Waals surface area contributed by atoms with E-state index in [9.17, 15) is 9.59 Å². The molecule has 29 heavy (non-hydrogen) atoms. The molecular formula is C24H23NO4. The van der Waals surface area contributed by atoms with Crippen molar-refractivity contribution in [3.8, 4) is 16.9 Å². The Labute approximate surface area is 170 Å². The number of carbonyl (C=O) groups is 2. The molecule has 0 saturated heterocycles. The Morgan fingerprint density at radius 1 is 0.828 bits per heavy atom. The van der Waals surface area contributed by atoms with Crippen molar-refractivity contribution >= 4 is 11.9 Å². The van der Waals surface area contributed by atoms with Gasteiger partial charge in [-0.2, -0.15) is 0 Å². The van der Waals surface area contributed by atoms with Crippen molar-refractivity contribution in [3.05, 3.63) is 90.0 Å². The van der Waals surface area contributed by atoms with E-state index in [0.717, 1.165) is 16.7 Å². The van der Waals surface area contributed by atoms with Gasteiger partial charge < -0.3 is 14.8 Å². The average Bonchev–Trinajstić information content (AvgIpc) is 2.78. The first-order chi connectivity index (χ1) is 14.2. The molecule has 3 aromatic carbocycles. The molecule has 0 saturated carbocycles. The van der Waals surface area contributed by atoms with Crippen LogP contribution in [0.15, 0.2) is 78.9 Å². The van der Waals surface area contributed by atoms with Crippen LogP contribution in [0.2, 0.25) is 0 Å². The number of rotatable bonds is 8. The minimum atomic E-state index is -0.363. The molecule has 3 rings (SSSR count). The summed E-state index contributed by atoms with van der Waals surface area (Å²) < 4.78 is 10.5. The van der Waals surface area contributed by atoms with Crippen LogP contribution < -0.4 is 10.1 Å². The summed E-state index contributed by atoms with van der Waals surface area (Å²) in [5.74, 6) is -0.157. The number of methoxy groups -OCH3 is 1. The molecule has 1 amide bonds. The second kappa shape index (κ2) is 10.1. The third-order valence-corrected chi connectivity index (χ3v) is 4.43. The molecule has 5 nitrogen and oxygen atoms in total. The highest BCUT2D eigenvalue weighted by Gasteiger charge is 2.12. The standard InChI is InChI=1S/C24H23NO4/c1-28-22-10-6-5-9-21(22)24(27)25-16-15-23(26)29-17-18-11-13-20(14-12-18)19-7-3-2-4-8-19/h2-14H,15-17H2,1H3,(H,25,27). The number of nitrogens with one attached hydrogen (secondary N) is 1. The summed E-state index contributed by atoms with van der Waals surface area (Å²) in [6.45, 7) is 0.400. The van der Waals surface area contributed by atoms with Crippen LogP contribution >= 0.6 is 0 Å². The Hall–Kier alpha value is -3.60. The van der Waals surface area contributed by atoms with E-state index in [2.05, 4.69) is 5.32 Å². The van der Waals surface area contributed by atoms with Gasteiger partial charge in [0.25, 0.3) is 5.91 Å². The van der Waals surface area contributed by atoms with Crippen molar-refractivity contribution in [2.45, 2.75) is 13.0 Å². The summed E-state index contributed by atoms with van der Waals surface area (Å²) in [4.78, 5) is 24.1. The van der Waals surface area contributed by atoms with E-state index < -0.39 is 0 Å². The van der Waals surface area contributed by atoms with Gasteiger partial charge in [0, 0.05) is 6.54 Å². The first kappa shape index (κ1) is 20.1. The summed E-state index contributed by atoms with van der Waals surface area (Å²) in [5, 5.41) is 2.71. The number of esters is 1. The molecule has 0 fully saturated rings. The third-order valence-electron chi connectivity index (χ3n) is 4.43. The molecule has 1 N–H and O–H groups in total. The fraction of sp³-hybridized carbons (Fsp3) is 0.167. The van der Waals surface area contributed by atoms with E-state index in [1.54, 1.807) is 24.3 Å². The minimum absolute atomic E-state index is 0.100. The molecular weight excluding hydrogens is 366 g/mol. The van der Waals surface area contributed by atoms with Gasteiger partial charge >= 0.3 is 5.97 Å². The van der Waals surface area contributed by atoms with Crippen molar-refractivity contribution in [1.82, 2.24) is 5.32 Å². The van der Waals surface area contributed by atoms with Crippen LogP contribution in [0.4, 0.5) is 0 Å². The fourth-order valence-corrected chi connectivity index (χ4v) is 2.87. The lowest BCUT2D eigenvalue weighted by Crippen LogP contribution is -2.26. The molecule has 0 heterocycles. The molecule has 5 heteroatoms. The van der Waals surface area contributed by atoms with Crippen LogP contribution in [0.25, 0.3) is 11.1 Å². The van der Waals surface area contributed by atoms with Gasteiger partial charge in [0.15, 0.2) is 0 Å². The number of benzene rings is 3. The second-order valence-electron chi connectivity index (χ2n) is 6.43. The molecule has 3 aromatic rings. The maximum absolute atomic E-state index is 12.2. The average molecular weight is 389 g/mol. The zero-order valence-corrected chi connectivity index (χ0v) is 16.3. The van der Waals surface area contributed by atoms with E-state index in [0.29, 0.717) is 11.3 Å². The molecule has 0 aliphatic heterocycles. The zero-order valence-electron chi connectivity index (χ0n) is 16.3. The van der Waals surface area contributed by atoms with E-state index >= 15 is 0 Å². The van der Waals surface area contributed by atoms with Gasteiger partial charge in [-0.3, -0.25) is 9.59 Å². The Bertz CT molecular complexity index is 952. The highest BCUT2D eigenvalue weighted by Crippen LogP contribution is 2.19. The number of hydrogen-bond acceptors (Lipinski definition) is 4. The first-order valence-electron chi connectivity index (χ1n) is 9.38. The predicted molar refractivity (Wildman–Crippen MR) is 112 cm³/mol. The number of amides is 1. The van der Waals surface area contributed by atoms with Crippen LogP contribution in [-0.4, -0.2) is 25.5 Å². The van der Waals surface area contributed by atoms with Crippen molar-refractivity contribution < 1.29 is 19.1 Å². The highest BCUT2D eigenvalue weighted by atomic mass is 16.5. The molecule has 0 aromatic heterocycles. The van der Waals surface area contributed by atoms with Gasteiger partial charge in [-0.25, -0.2) is 0 Å². The smallest absolute Gasteiger partial charge is 0.307 e. The lowest BCUT2D eigenvalue weighted by molar-refractivity contribution is -0.144. The van der Waals surface area contributed by atoms with Crippen LogP contribution in [0.1, 0.15) is 22.3 Å². The van der Waals surface area contributed by atoms with Crippen LogP contribution in [0.5, 0.6) is 5.75 Å². The monoisotopic (exact) mass is 389 g/mol. The Morgan fingerprint density at radius 3 is 2.21 bits per heavy atom. The Balaban J connectivity index is 1.42. The Morgan fingerprint density at radius 2 is 1.48 bits per heavy atom. The molecule has 0 atom stereocenters. The first-order valence-corrected chi connectivity index (χ1v) is 9.38. The lowest BCUT2D eigenvalue weighted by atomic mass is 10.0. The summed E-state index contributed by atoms with van der Waals surface area (Å²) in [5.41, 5.74) is 3.60. The largest absolute Gasteiger partial charge is 0.496 e. The summed E-state index contributed by atoms with van der Waals surface area (Å²) >= 11 is 0. The lowest BCUT2D eigenvalue weighted by Gasteiger charge is -2.09. The third kappa shape index (κ3) is 5.69. The van der Waals surface area contributed by atoms with Gasteiger partial charge in [0.1, 0.15) is 12.4 Å². The number of carbonyl (C=O) groups excluding carboxylic acids is 2. The summed E-state index contributed by atoms with van der Waals surface area (Å²) in [7, 11) is 1.51. The molecule has 0 bridgehead atoms. The summed E-state index contributed by atoms with van der Waals surface area (Å²) in [6, 6.07) is 24.9. The maximum atomic E-state index is 12.2. The topological polar surface area (TPSA) is 64.6 Å². The van der Waals surface area contributed by atoms with E-state index in [1.807, 2.05) is 54.6 Å². The SMILES string of the molecule is COc1ccccc1C(=O)NCCC(=O)OCc1ccc(-c2ccccc2)cc1. The van der Waals surface area contributed by atoms with E-state index in [1.165, 1.54) is 7.11 Å². The normalized spacial score (nSPS) is 10.2. The predicted octanol–water partition coefficient (Wildman–Crippen LogP) is 4.23. The Kier molecular flexibility index (Phi) is 7.00. The molecule has 0 unspecified atom stereocenters. The van der Waals surface area contributed by atoms with Gasteiger partial charge in [-0.1, -0.05) is 66.7 Å². The molecule has 0 spiro atoms. The van der Waals surface area contributed by atoms with Gasteiger partial charge in [-0.05, 0) is 28.8 Å². The summed E-state index contributed by atoms with van der Waals surface area (Å²) in [6.07, 6.45) is 0.100. The number of hydrogen-bond donors (Lipinski definition) is 1. The van der Waals surface area contributed by atoms with E-state index in [-0.39, 0.29) is 31.4 Å². The van der Waals surface area contributed by atoms with Crippen molar-refractivity contribution in [2.75, 3.05) is 13.7 Å². The van der Waals surface area contributed by atoms with Gasteiger partial charge in [-0.15, -0.1) is 0 Å². The van der Waals surface area contributed by atoms with E-state index in [4.69, 9.17) is 9.47 Å². The quantitative estimate of drug-likeness (QED) is 0.586. The van der Waals surface area contributed by atoms with Crippen LogP contribution in [0.3, 0.4) is 0 Å². The second-order valence-corrected chi connectivity index (χ2v) is 6.43. The highest BCUT2D eigenvalue weighted by molar-refractivity contribution is 5.97. The molecule has 0 aliphatic rings. The molecule has 0 radical (unpaired) electrons. The van der Waals surface area contributed by atoms with Crippen molar-refractivity contribution in [3.63, 3.8) is 0 Å². The van der Waals surface area contributed by atoms with Crippen LogP contribution in [-0.2, 0) is 16.1 Å². The minimum Gasteiger partial charge on any atom is -0.496 e.